The highest BCUT2D eigenvalue weighted by Gasteiger charge is 2.33. The Kier molecular flexibility index (Phi) is 6.77. The molecule has 0 aliphatic carbocycles. The molecule has 168 valence electrons. The lowest BCUT2D eigenvalue weighted by atomic mass is 10.1. The van der Waals surface area contributed by atoms with Crippen LogP contribution in [-0.4, -0.2) is 34.4 Å². The fourth-order valence-corrected chi connectivity index (χ4v) is 4.36. The number of carbonyl (C=O) groups excluding carboxylic acids is 1. The fourth-order valence-electron chi connectivity index (χ4n) is 2.94. The van der Waals surface area contributed by atoms with Crippen LogP contribution in [0.5, 0.6) is 23.1 Å². The average Bonchev–Trinajstić information content (AvgIpc) is 3.09. The van der Waals surface area contributed by atoms with Crippen molar-refractivity contribution >= 4 is 57.6 Å². The van der Waals surface area contributed by atoms with Crippen molar-refractivity contribution in [3.63, 3.8) is 0 Å². The van der Waals surface area contributed by atoms with E-state index < -0.39 is 5.82 Å². The van der Waals surface area contributed by atoms with Gasteiger partial charge in [0.1, 0.15) is 5.75 Å². The molecule has 0 unspecified atom stereocenters. The SMILES string of the molecule is COc1ccc(N2C(=O)/C(=C\c3ccc(Oc4nc(Cl)ncc4F)c(OC)c3)SC2=S)cc1. The second-order valence-electron chi connectivity index (χ2n) is 6.52. The van der Waals surface area contributed by atoms with E-state index in [4.69, 9.17) is 38.0 Å². The molecule has 3 aromatic rings. The molecule has 1 fully saturated rings. The van der Waals surface area contributed by atoms with Crippen molar-refractivity contribution in [1.29, 1.82) is 0 Å². The summed E-state index contributed by atoms with van der Waals surface area (Å²) in [5, 5.41) is -0.152. The maximum atomic E-state index is 13.9. The summed E-state index contributed by atoms with van der Waals surface area (Å²) in [6.07, 6.45) is 2.60. The highest BCUT2D eigenvalue weighted by molar-refractivity contribution is 8.27. The minimum Gasteiger partial charge on any atom is -0.497 e. The summed E-state index contributed by atoms with van der Waals surface area (Å²) in [6, 6.07) is 12.0. The number of anilines is 1. The topological polar surface area (TPSA) is 73.8 Å². The number of thiocarbonyl (C=S) groups is 1. The summed E-state index contributed by atoms with van der Waals surface area (Å²) in [5.74, 6) is -0.142. The summed E-state index contributed by atoms with van der Waals surface area (Å²) >= 11 is 12.3. The van der Waals surface area contributed by atoms with Crippen LogP contribution in [0.25, 0.3) is 6.08 Å². The molecular weight excluding hydrogens is 489 g/mol. The molecular formula is C22H15ClFN3O4S2. The third-order valence-electron chi connectivity index (χ3n) is 4.50. The Morgan fingerprint density at radius 1 is 1.12 bits per heavy atom. The van der Waals surface area contributed by atoms with Crippen LogP contribution in [0.2, 0.25) is 5.28 Å². The minimum absolute atomic E-state index is 0.152. The van der Waals surface area contributed by atoms with Gasteiger partial charge in [-0.15, -0.1) is 0 Å². The van der Waals surface area contributed by atoms with E-state index in [0.29, 0.717) is 32.0 Å². The monoisotopic (exact) mass is 503 g/mol. The van der Waals surface area contributed by atoms with Gasteiger partial charge in [0, 0.05) is 0 Å². The molecule has 1 aromatic heterocycles. The summed E-state index contributed by atoms with van der Waals surface area (Å²) in [5.41, 5.74) is 1.31. The zero-order chi connectivity index (χ0) is 23.5. The molecule has 1 aliphatic heterocycles. The predicted molar refractivity (Wildman–Crippen MR) is 129 cm³/mol. The number of hydrogen-bond acceptors (Lipinski definition) is 8. The van der Waals surface area contributed by atoms with Gasteiger partial charge in [-0.3, -0.25) is 9.69 Å². The maximum Gasteiger partial charge on any atom is 0.270 e. The van der Waals surface area contributed by atoms with Gasteiger partial charge >= 0.3 is 0 Å². The van der Waals surface area contributed by atoms with E-state index in [0.717, 1.165) is 6.20 Å². The second-order valence-corrected chi connectivity index (χ2v) is 8.53. The van der Waals surface area contributed by atoms with Gasteiger partial charge in [0.15, 0.2) is 15.8 Å². The summed E-state index contributed by atoms with van der Waals surface area (Å²) < 4.78 is 30.4. The zero-order valence-corrected chi connectivity index (χ0v) is 19.6. The molecule has 0 N–H and O–H groups in total. The number of rotatable bonds is 6. The Hall–Kier alpha value is -3.21. The van der Waals surface area contributed by atoms with Crippen LogP contribution in [0.1, 0.15) is 5.56 Å². The largest absolute Gasteiger partial charge is 0.497 e. The summed E-state index contributed by atoms with van der Waals surface area (Å²) in [7, 11) is 3.01. The van der Waals surface area contributed by atoms with E-state index in [9.17, 15) is 9.18 Å². The minimum atomic E-state index is -0.771. The van der Waals surface area contributed by atoms with Crippen LogP contribution in [0.4, 0.5) is 10.1 Å². The molecule has 0 bridgehead atoms. The molecule has 1 amide bonds. The first kappa shape index (κ1) is 23.0. The lowest BCUT2D eigenvalue weighted by Crippen LogP contribution is -2.27. The molecule has 2 aromatic carbocycles. The molecule has 0 atom stereocenters. The van der Waals surface area contributed by atoms with Crippen molar-refractivity contribution in [2.45, 2.75) is 0 Å². The van der Waals surface area contributed by atoms with Gasteiger partial charge in [0.05, 0.1) is 31.0 Å². The fraction of sp³-hybridized carbons (Fsp3) is 0.0909. The Balaban J connectivity index is 1.59. The Bertz CT molecular complexity index is 1270. The van der Waals surface area contributed by atoms with Gasteiger partial charge < -0.3 is 14.2 Å². The Morgan fingerprint density at radius 3 is 2.58 bits per heavy atom. The third-order valence-corrected chi connectivity index (χ3v) is 5.98. The molecule has 1 aliphatic rings. The molecule has 33 heavy (non-hydrogen) atoms. The third kappa shape index (κ3) is 4.92. The quantitative estimate of drug-likeness (QED) is 0.248. The van der Waals surface area contributed by atoms with E-state index in [2.05, 4.69) is 9.97 Å². The van der Waals surface area contributed by atoms with Gasteiger partial charge in [-0.1, -0.05) is 30.0 Å². The van der Waals surface area contributed by atoms with Crippen LogP contribution in [-0.2, 0) is 4.79 Å². The van der Waals surface area contributed by atoms with Crippen molar-refractivity contribution < 1.29 is 23.4 Å². The van der Waals surface area contributed by atoms with Gasteiger partial charge in [0.25, 0.3) is 11.8 Å². The van der Waals surface area contributed by atoms with Gasteiger partial charge in [0.2, 0.25) is 11.1 Å². The Morgan fingerprint density at radius 2 is 1.88 bits per heavy atom. The van der Waals surface area contributed by atoms with Crippen LogP contribution in [0.15, 0.2) is 53.6 Å². The van der Waals surface area contributed by atoms with Crippen molar-refractivity contribution in [2.75, 3.05) is 19.1 Å². The molecule has 11 heteroatoms. The van der Waals surface area contributed by atoms with Crippen molar-refractivity contribution in [3.05, 3.63) is 70.2 Å². The molecule has 0 spiro atoms. The van der Waals surface area contributed by atoms with Gasteiger partial charge in [-0.25, -0.2) is 4.98 Å². The number of methoxy groups -OCH3 is 2. The lowest BCUT2D eigenvalue weighted by Gasteiger charge is -2.14. The molecule has 7 nitrogen and oxygen atoms in total. The summed E-state index contributed by atoms with van der Waals surface area (Å²) in [6.45, 7) is 0. The van der Waals surface area contributed by atoms with E-state index in [1.54, 1.807) is 55.7 Å². The molecule has 2 heterocycles. The average molecular weight is 504 g/mol. The highest BCUT2D eigenvalue weighted by Crippen LogP contribution is 2.38. The Labute approximate surface area is 203 Å². The van der Waals surface area contributed by atoms with Crippen LogP contribution >= 0.6 is 35.6 Å². The maximum absolute atomic E-state index is 13.9. The number of benzene rings is 2. The van der Waals surface area contributed by atoms with E-state index in [1.165, 1.54) is 23.8 Å². The first-order chi connectivity index (χ1) is 15.9. The number of thioether (sulfide) groups is 1. The van der Waals surface area contributed by atoms with Crippen molar-refractivity contribution in [2.24, 2.45) is 0 Å². The highest BCUT2D eigenvalue weighted by atomic mass is 35.5. The molecule has 0 radical (unpaired) electrons. The van der Waals surface area contributed by atoms with E-state index in [1.807, 2.05) is 0 Å². The number of halogens is 2. The number of hydrogen-bond donors (Lipinski definition) is 0. The number of carbonyl (C=O) groups is 1. The molecule has 4 rings (SSSR count). The van der Waals surface area contributed by atoms with Crippen molar-refractivity contribution in [3.8, 4) is 23.1 Å². The molecule has 1 saturated heterocycles. The zero-order valence-electron chi connectivity index (χ0n) is 17.2. The van der Waals surface area contributed by atoms with E-state index >= 15 is 0 Å². The summed E-state index contributed by atoms with van der Waals surface area (Å²) in [4.78, 5) is 22.2. The number of nitrogens with zero attached hydrogens (tertiary/aromatic N) is 3. The van der Waals surface area contributed by atoms with Crippen LogP contribution < -0.4 is 19.1 Å². The van der Waals surface area contributed by atoms with E-state index in [-0.39, 0.29) is 22.8 Å². The van der Waals surface area contributed by atoms with Gasteiger partial charge in [-0.2, -0.15) is 9.37 Å². The smallest absolute Gasteiger partial charge is 0.270 e. The lowest BCUT2D eigenvalue weighted by molar-refractivity contribution is -0.113. The van der Waals surface area contributed by atoms with Crippen LogP contribution in [0, 0.1) is 5.82 Å². The predicted octanol–water partition coefficient (Wildman–Crippen LogP) is 5.48. The first-order valence-electron chi connectivity index (χ1n) is 9.35. The van der Waals surface area contributed by atoms with Crippen molar-refractivity contribution in [1.82, 2.24) is 9.97 Å². The first-order valence-corrected chi connectivity index (χ1v) is 11.0. The number of amides is 1. The normalized spacial score (nSPS) is 14.7. The van der Waals surface area contributed by atoms with Gasteiger partial charge in [-0.05, 0) is 59.6 Å². The second kappa shape index (κ2) is 9.74. The number of ether oxygens (including phenoxy) is 3. The standard InChI is InChI=1S/C22H15ClFN3O4S2/c1-29-14-6-4-13(5-7-14)27-20(28)18(33-22(27)32)10-12-3-8-16(17(9-12)30-2)31-19-15(24)11-25-21(23)26-19/h3-11H,1-2H3/b18-10+. The van der Waals surface area contributed by atoms with Crippen LogP contribution in [0.3, 0.4) is 0 Å². The molecule has 0 saturated carbocycles. The number of aromatic nitrogens is 2.